The fourth-order valence-corrected chi connectivity index (χ4v) is 3.10. The van der Waals surface area contributed by atoms with Crippen molar-refractivity contribution in [1.82, 2.24) is 9.88 Å². The van der Waals surface area contributed by atoms with Gasteiger partial charge in [-0.2, -0.15) is 0 Å². The van der Waals surface area contributed by atoms with E-state index in [2.05, 4.69) is 4.98 Å². The zero-order valence-corrected chi connectivity index (χ0v) is 12.9. The zero-order valence-electron chi connectivity index (χ0n) is 12.9. The molecule has 0 saturated heterocycles. The van der Waals surface area contributed by atoms with Crippen molar-refractivity contribution >= 4 is 11.7 Å². The highest BCUT2D eigenvalue weighted by molar-refractivity contribution is 5.99. The molecule has 0 radical (unpaired) electrons. The number of Topliss-reactive ketones (excluding diaryl/α,β-unsaturated/α-hetero) is 1. The molecule has 1 heterocycles. The molecule has 1 aromatic heterocycles. The molecule has 1 amide bonds. The lowest BCUT2D eigenvalue weighted by atomic mass is 9.80. The first-order valence-electron chi connectivity index (χ1n) is 7.78. The number of nitrogens with zero attached hydrogens (tertiary/aromatic N) is 2. The summed E-state index contributed by atoms with van der Waals surface area (Å²) in [5, 5.41) is 0. The molecule has 1 aliphatic rings. The fraction of sp³-hybridized carbons (Fsp3) is 0.588. The van der Waals surface area contributed by atoms with Crippen LogP contribution in [0.25, 0.3) is 0 Å². The Bertz CT molecular complexity index is 481. The van der Waals surface area contributed by atoms with Gasteiger partial charge in [0.2, 0.25) is 5.91 Å². The Hall–Kier alpha value is -1.71. The van der Waals surface area contributed by atoms with E-state index >= 15 is 0 Å². The number of rotatable bonds is 5. The quantitative estimate of drug-likeness (QED) is 0.783. The number of carbonyl (C=O) groups is 2. The molecule has 0 N–H and O–H groups in total. The average molecular weight is 288 g/mol. The standard InChI is InChI=1S/C17H24N2O2/c1-13(14-7-4-3-5-8-14)17(21)19(2)12-16(20)15-9-6-10-18-11-15/h6,9-11,13-14H,3-5,7-8,12H2,1-2H3/t13-/m0/s1. The Kier molecular flexibility index (Phi) is 5.48. The number of likely N-dealkylation sites (N-methyl/N-ethyl adjacent to an activating group) is 1. The molecule has 4 nitrogen and oxygen atoms in total. The topological polar surface area (TPSA) is 50.3 Å². The van der Waals surface area contributed by atoms with Crippen molar-refractivity contribution in [3.05, 3.63) is 30.1 Å². The van der Waals surface area contributed by atoms with Crippen molar-refractivity contribution in [3.8, 4) is 0 Å². The summed E-state index contributed by atoms with van der Waals surface area (Å²) in [4.78, 5) is 30.1. The molecule has 21 heavy (non-hydrogen) atoms. The Labute approximate surface area is 126 Å². The first-order chi connectivity index (χ1) is 10.1. The Morgan fingerprint density at radius 2 is 2.05 bits per heavy atom. The van der Waals surface area contributed by atoms with Crippen molar-refractivity contribution in [2.45, 2.75) is 39.0 Å². The predicted molar refractivity (Wildman–Crippen MR) is 81.9 cm³/mol. The normalized spacial score (nSPS) is 17.2. The second-order valence-corrected chi connectivity index (χ2v) is 6.05. The molecule has 0 aromatic carbocycles. The van der Waals surface area contributed by atoms with Crippen LogP contribution in [0, 0.1) is 11.8 Å². The summed E-state index contributed by atoms with van der Waals surface area (Å²) < 4.78 is 0. The smallest absolute Gasteiger partial charge is 0.225 e. The second kappa shape index (κ2) is 7.34. The molecule has 1 aliphatic carbocycles. The van der Waals surface area contributed by atoms with Crippen molar-refractivity contribution < 1.29 is 9.59 Å². The maximum atomic E-state index is 12.5. The van der Waals surface area contributed by atoms with Crippen LogP contribution in [0.5, 0.6) is 0 Å². The van der Waals surface area contributed by atoms with Crippen LogP contribution in [0.2, 0.25) is 0 Å². The van der Waals surface area contributed by atoms with Gasteiger partial charge in [0.15, 0.2) is 5.78 Å². The lowest BCUT2D eigenvalue weighted by Gasteiger charge is -2.29. The zero-order chi connectivity index (χ0) is 15.2. The molecular weight excluding hydrogens is 264 g/mol. The second-order valence-electron chi connectivity index (χ2n) is 6.05. The number of ketones is 1. The van der Waals surface area contributed by atoms with E-state index in [1.54, 1.807) is 36.5 Å². The van der Waals surface area contributed by atoms with Gasteiger partial charge in [-0.3, -0.25) is 14.6 Å². The van der Waals surface area contributed by atoms with Gasteiger partial charge >= 0.3 is 0 Å². The lowest BCUT2D eigenvalue weighted by molar-refractivity contribution is -0.135. The summed E-state index contributed by atoms with van der Waals surface area (Å²) in [5.41, 5.74) is 0.558. The first-order valence-corrected chi connectivity index (χ1v) is 7.78. The Balaban J connectivity index is 1.91. The van der Waals surface area contributed by atoms with Crippen molar-refractivity contribution in [1.29, 1.82) is 0 Å². The number of hydrogen-bond acceptors (Lipinski definition) is 3. The molecule has 1 saturated carbocycles. The number of aromatic nitrogens is 1. The summed E-state index contributed by atoms with van der Waals surface area (Å²) in [7, 11) is 1.72. The molecule has 1 atom stereocenters. The summed E-state index contributed by atoms with van der Waals surface area (Å²) in [6.45, 7) is 2.13. The van der Waals surface area contributed by atoms with Crippen molar-refractivity contribution in [3.63, 3.8) is 0 Å². The highest BCUT2D eigenvalue weighted by Gasteiger charge is 2.28. The fourth-order valence-electron chi connectivity index (χ4n) is 3.10. The maximum Gasteiger partial charge on any atom is 0.225 e. The van der Waals surface area contributed by atoms with Crippen LogP contribution < -0.4 is 0 Å². The largest absolute Gasteiger partial charge is 0.338 e. The monoisotopic (exact) mass is 288 g/mol. The van der Waals surface area contributed by atoms with Crippen molar-refractivity contribution in [2.24, 2.45) is 11.8 Å². The van der Waals surface area contributed by atoms with Gasteiger partial charge < -0.3 is 4.90 Å². The van der Waals surface area contributed by atoms with Crippen LogP contribution in [-0.2, 0) is 4.79 Å². The Morgan fingerprint density at radius 3 is 2.67 bits per heavy atom. The molecule has 1 aromatic rings. The predicted octanol–water partition coefficient (Wildman–Crippen LogP) is 2.94. The molecule has 0 bridgehead atoms. The van der Waals surface area contributed by atoms with Gasteiger partial charge in [0.25, 0.3) is 0 Å². The molecule has 0 spiro atoms. The minimum absolute atomic E-state index is 0.0111. The molecule has 2 rings (SSSR count). The van der Waals surface area contributed by atoms with Gasteiger partial charge in [0.05, 0.1) is 6.54 Å². The van der Waals surface area contributed by atoms with Gasteiger partial charge in [0.1, 0.15) is 0 Å². The maximum absolute atomic E-state index is 12.5. The van der Waals surface area contributed by atoms with Crippen LogP contribution in [0.4, 0.5) is 0 Å². The van der Waals surface area contributed by atoms with Gasteiger partial charge in [-0.25, -0.2) is 0 Å². The molecule has 0 unspecified atom stereocenters. The van der Waals surface area contributed by atoms with E-state index in [0.29, 0.717) is 11.5 Å². The number of carbonyl (C=O) groups excluding carboxylic acids is 2. The first kappa shape index (κ1) is 15.7. The minimum atomic E-state index is -0.0604. The van der Waals surface area contributed by atoms with Crippen LogP contribution in [0.15, 0.2) is 24.5 Å². The van der Waals surface area contributed by atoms with E-state index in [1.807, 2.05) is 6.92 Å². The third kappa shape index (κ3) is 4.13. The molecule has 1 fully saturated rings. The third-order valence-corrected chi connectivity index (χ3v) is 4.49. The van der Waals surface area contributed by atoms with E-state index in [-0.39, 0.29) is 24.2 Å². The summed E-state index contributed by atoms with van der Waals surface area (Å²) in [5.74, 6) is 0.508. The number of pyridine rings is 1. The summed E-state index contributed by atoms with van der Waals surface area (Å²) >= 11 is 0. The van der Waals surface area contributed by atoms with E-state index < -0.39 is 0 Å². The van der Waals surface area contributed by atoms with Crippen LogP contribution in [0.3, 0.4) is 0 Å². The summed E-state index contributed by atoms with van der Waals surface area (Å²) in [6, 6.07) is 3.47. The highest BCUT2D eigenvalue weighted by Crippen LogP contribution is 2.30. The highest BCUT2D eigenvalue weighted by atomic mass is 16.2. The molecule has 4 heteroatoms. The average Bonchev–Trinajstić information content (AvgIpc) is 2.55. The van der Waals surface area contributed by atoms with Gasteiger partial charge in [-0.15, -0.1) is 0 Å². The lowest BCUT2D eigenvalue weighted by Crippen LogP contribution is -2.38. The number of hydrogen-bond donors (Lipinski definition) is 0. The summed E-state index contributed by atoms with van der Waals surface area (Å²) in [6.07, 6.45) is 9.19. The molecule has 114 valence electrons. The van der Waals surface area contributed by atoms with Crippen molar-refractivity contribution in [2.75, 3.05) is 13.6 Å². The Morgan fingerprint density at radius 1 is 1.33 bits per heavy atom. The minimum Gasteiger partial charge on any atom is -0.338 e. The number of amides is 1. The van der Waals surface area contributed by atoms with Crippen LogP contribution in [-0.4, -0.2) is 35.2 Å². The third-order valence-electron chi connectivity index (χ3n) is 4.49. The van der Waals surface area contributed by atoms with E-state index in [1.165, 1.54) is 19.3 Å². The van der Waals surface area contributed by atoms with Gasteiger partial charge in [-0.05, 0) is 30.9 Å². The van der Waals surface area contributed by atoms with Crippen LogP contribution >= 0.6 is 0 Å². The van der Waals surface area contributed by atoms with Gasteiger partial charge in [0, 0.05) is 30.9 Å². The SMILES string of the molecule is C[C@H](C(=O)N(C)CC(=O)c1cccnc1)C1CCCCC1. The van der Waals surface area contributed by atoms with E-state index in [9.17, 15) is 9.59 Å². The molecular formula is C17H24N2O2. The van der Waals surface area contributed by atoms with Gasteiger partial charge in [-0.1, -0.05) is 26.2 Å². The van der Waals surface area contributed by atoms with Crippen LogP contribution in [0.1, 0.15) is 49.4 Å². The van der Waals surface area contributed by atoms with E-state index in [0.717, 1.165) is 12.8 Å². The van der Waals surface area contributed by atoms with E-state index in [4.69, 9.17) is 0 Å². The molecule has 0 aliphatic heterocycles.